The fourth-order valence-electron chi connectivity index (χ4n) is 5.16. The van der Waals surface area contributed by atoms with E-state index < -0.39 is 11.5 Å². The number of halogens is 1. The minimum Gasteiger partial charge on any atom is -0.484 e. The molecule has 0 bridgehead atoms. The zero-order valence-electron chi connectivity index (χ0n) is 22.9. The van der Waals surface area contributed by atoms with E-state index in [-0.39, 0.29) is 29.9 Å². The minimum atomic E-state index is -0.582. The van der Waals surface area contributed by atoms with Crippen LogP contribution in [0.4, 0.5) is 4.39 Å². The van der Waals surface area contributed by atoms with Gasteiger partial charge in [0.05, 0.1) is 6.04 Å². The lowest BCUT2D eigenvalue weighted by Gasteiger charge is -2.41. The van der Waals surface area contributed by atoms with E-state index in [0.29, 0.717) is 43.3 Å². The maximum Gasteiger partial charge on any atom is 0.275 e. The summed E-state index contributed by atoms with van der Waals surface area (Å²) in [6.45, 7) is 9.24. The molecule has 1 aromatic heterocycles. The van der Waals surface area contributed by atoms with Crippen LogP contribution in [0.15, 0.2) is 53.1 Å². The average molecular weight is 535 g/mol. The Balaban J connectivity index is 1.36. The number of rotatable bonds is 5. The van der Waals surface area contributed by atoms with Crippen molar-refractivity contribution in [2.75, 3.05) is 39.8 Å². The number of carbonyl (C=O) groups excluding carboxylic acids is 2. The van der Waals surface area contributed by atoms with Crippen molar-refractivity contribution in [2.24, 2.45) is 5.41 Å². The quantitative estimate of drug-likeness (QED) is 0.486. The summed E-state index contributed by atoms with van der Waals surface area (Å²) in [6, 6.07) is 11.8. The van der Waals surface area contributed by atoms with Crippen LogP contribution in [0.3, 0.4) is 0 Å². The lowest BCUT2D eigenvalue weighted by Crippen LogP contribution is -2.47. The number of piperazine rings is 1. The molecule has 0 spiro atoms. The number of hydrogen-bond donors (Lipinski definition) is 0. The summed E-state index contributed by atoms with van der Waals surface area (Å²) < 4.78 is 25.8. The second kappa shape index (κ2) is 10.8. The van der Waals surface area contributed by atoms with E-state index in [2.05, 4.69) is 9.88 Å². The molecule has 5 rings (SSSR count). The molecule has 0 radical (unpaired) electrons. The van der Waals surface area contributed by atoms with Gasteiger partial charge in [-0.1, -0.05) is 39.0 Å². The van der Waals surface area contributed by atoms with Gasteiger partial charge in [-0.25, -0.2) is 9.37 Å². The summed E-state index contributed by atoms with van der Waals surface area (Å²) in [5.41, 5.74) is 2.39. The van der Waals surface area contributed by atoms with Crippen molar-refractivity contribution in [1.29, 1.82) is 0 Å². The first-order chi connectivity index (χ1) is 18.6. The Morgan fingerprint density at radius 3 is 2.56 bits per heavy atom. The van der Waals surface area contributed by atoms with Gasteiger partial charge in [-0.15, -0.1) is 0 Å². The number of nitrogens with zero attached hydrogens (tertiary/aromatic N) is 4. The van der Waals surface area contributed by atoms with E-state index in [9.17, 15) is 14.0 Å². The largest absolute Gasteiger partial charge is 0.484 e. The van der Waals surface area contributed by atoms with Crippen LogP contribution in [-0.2, 0) is 17.8 Å². The topological polar surface area (TPSA) is 79.1 Å². The molecule has 3 aromatic rings. The fourth-order valence-corrected chi connectivity index (χ4v) is 5.16. The molecule has 2 aliphatic heterocycles. The Kier molecular flexibility index (Phi) is 7.44. The Bertz CT molecular complexity index is 1360. The van der Waals surface area contributed by atoms with Gasteiger partial charge in [0.25, 0.3) is 5.91 Å². The number of likely N-dealkylation sites (N-methyl/N-ethyl adjacent to an activating group) is 1. The summed E-state index contributed by atoms with van der Waals surface area (Å²) in [7, 11) is 2.04. The minimum absolute atomic E-state index is 0.00562. The van der Waals surface area contributed by atoms with Gasteiger partial charge < -0.3 is 23.9 Å². The average Bonchev–Trinajstić information content (AvgIpc) is 3.39. The van der Waals surface area contributed by atoms with Crippen molar-refractivity contribution in [3.63, 3.8) is 0 Å². The second-order valence-electron chi connectivity index (χ2n) is 11.3. The van der Waals surface area contributed by atoms with Gasteiger partial charge in [0.1, 0.15) is 17.8 Å². The molecule has 1 atom stereocenters. The molecular weight excluding hydrogens is 499 g/mol. The molecule has 0 N–H and O–H groups in total. The van der Waals surface area contributed by atoms with Crippen LogP contribution in [0.1, 0.15) is 59.9 Å². The Hall–Kier alpha value is -3.72. The number of oxazole rings is 1. The third-order valence-corrected chi connectivity index (χ3v) is 7.34. The number of aromatic nitrogens is 1. The van der Waals surface area contributed by atoms with Crippen molar-refractivity contribution in [3.8, 4) is 5.75 Å². The molecule has 9 heteroatoms. The fraction of sp³-hybridized carbons (Fsp3) is 0.433. The van der Waals surface area contributed by atoms with Crippen LogP contribution in [0.2, 0.25) is 0 Å². The van der Waals surface area contributed by atoms with Crippen LogP contribution in [0.25, 0.3) is 0 Å². The summed E-state index contributed by atoms with van der Waals surface area (Å²) in [5, 5.41) is 0. The molecule has 8 nitrogen and oxygen atoms in total. The third-order valence-electron chi connectivity index (χ3n) is 7.34. The highest BCUT2D eigenvalue weighted by molar-refractivity contribution is 5.92. The number of ether oxygens (including phenoxy) is 1. The molecule has 2 amide bonds. The van der Waals surface area contributed by atoms with Crippen molar-refractivity contribution < 1.29 is 23.1 Å². The first-order valence-corrected chi connectivity index (χ1v) is 13.3. The van der Waals surface area contributed by atoms with Gasteiger partial charge in [-0.3, -0.25) is 9.59 Å². The van der Waals surface area contributed by atoms with E-state index in [1.807, 2.05) is 57.0 Å². The van der Waals surface area contributed by atoms with Gasteiger partial charge in [-0.2, -0.15) is 0 Å². The molecule has 1 fully saturated rings. The van der Waals surface area contributed by atoms with Crippen molar-refractivity contribution in [3.05, 3.63) is 82.8 Å². The van der Waals surface area contributed by atoms with E-state index in [4.69, 9.17) is 9.15 Å². The lowest BCUT2D eigenvalue weighted by molar-refractivity contribution is -0.141. The van der Waals surface area contributed by atoms with E-state index >= 15 is 0 Å². The van der Waals surface area contributed by atoms with Crippen LogP contribution in [0, 0.1) is 11.2 Å². The third kappa shape index (κ3) is 5.83. The van der Waals surface area contributed by atoms with E-state index in [0.717, 1.165) is 24.2 Å². The second-order valence-corrected chi connectivity index (χ2v) is 11.3. The SMILES string of the molecule is CN1CCN(C(=O)c2coc(COc3ccc4c(c3)C(c3cccc(F)c3)N(C(=O)C(C)(C)C)CC4)n2)CC1. The number of hydrogen-bond acceptors (Lipinski definition) is 6. The van der Waals surface area contributed by atoms with Crippen molar-refractivity contribution >= 4 is 11.8 Å². The van der Waals surface area contributed by atoms with Crippen LogP contribution in [0.5, 0.6) is 5.75 Å². The van der Waals surface area contributed by atoms with Gasteiger partial charge >= 0.3 is 0 Å². The molecule has 1 unspecified atom stereocenters. The Morgan fingerprint density at radius 1 is 1.08 bits per heavy atom. The van der Waals surface area contributed by atoms with Gasteiger partial charge in [0, 0.05) is 38.1 Å². The molecule has 206 valence electrons. The standard InChI is InChI=1S/C30H35FN4O4/c1-30(2,3)29(37)35-11-10-20-8-9-23(17-24(20)27(35)21-6-5-7-22(31)16-21)38-19-26-32-25(18-39-26)28(36)34-14-12-33(4)13-15-34/h5-9,16-18,27H,10-15,19H2,1-4H3. The summed E-state index contributed by atoms with van der Waals surface area (Å²) in [6.07, 6.45) is 2.07. The Morgan fingerprint density at radius 2 is 1.85 bits per heavy atom. The number of benzene rings is 2. The lowest BCUT2D eigenvalue weighted by atomic mass is 9.85. The highest BCUT2D eigenvalue weighted by Crippen LogP contribution is 2.39. The smallest absolute Gasteiger partial charge is 0.275 e. The van der Waals surface area contributed by atoms with Crippen molar-refractivity contribution in [2.45, 2.75) is 39.8 Å². The van der Waals surface area contributed by atoms with Crippen LogP contribution < -0.4 is 4.74 Å². The normalized spacial score (nSPS) is 18.1. The molecule has 1 saturated heterocycles. The summed E-state index contributed by atoms with van der Waals surface area (Å²) in [4.78, 5) is 36.4. The maximum absolute atomic E-state index is 14.3. The van der Waals surface area contributed by atoms with Crippen LogP contribution >= 0.6 is 0 Å². The monoisotopic (exact) mass is 534 g/mol. The van der Waals surface area contributed by atoms with Gasteiger partial charge in [0.15, 0.2) is 12.3 Å². The predicted octanol–water partition coefficient (Wildman–Crippen LogP) is 4.30. The zero-order chi connectivity index (χ0) is 27.7. The molecule has 2 aromatic carbocycles. The number of fused-ring (bicyclic) bond motifs is 1. The summed E-state index contributed by atoms with van der Waals surface area (Å²) >= 11 is 0. The molecule has 39 heavy (non-hydrogen) atoms. The van der Waals surface area contributed by atoms with Crippen molar-refractivity contribution in [1.82, 2.24) is 19.7 Å². The molecule has 0 aliphatic carbocycles. The number of carbonyl (C=O) groups is 2. The predicted molar refractivity (Wildman–Crippen MR) is 144 cm³/mol. The molecule has 0 saturated carbocycles. The van der Waals surface area contributed by atoms with Gasteiger partial charge in [-0.05, 0) is 54.4 Å². The van der Waals surface area contributed by atoms with Gasteiger partial charge in [0.2, 0.25) is 11.8 Å². The zero-order valence-corrected chi connectivity index (χ0v) is 22.9. The maximum atomic E-state index is 14.3. The highest BCUT2D eigenvalue weighted by Gasteiger charge is 2.37. The highest BCUT2D eigenvalue weighted by atomic mass is 19.1. The summed E-state index contributed by atoms with van der Waals surface area (Å²) in [5.74, 6) is 0.391. The number of amides is 2. The molecule has 2 aliphatic rings. The van der Waals surface area contributed by atoms with E-state index in [1.54, 1.807) is 11.0 Å². The molecule has 3 heterocycles. The van der Waals surface area contributed by atoms with E-state index in [1.165, 1.54) is 18.4 Å². The first kappa shape index (κ1) is 26.9. The molecular formula is C30H35FN4O4. The Labute approximate surface area is 228 Å². The first-order valence-electron chi connectivity index (χ1n) is 13.3. The van der Waals surface area contributed by atoms with Crippen LogP contribution in [-0.4, -0.2) is 71.3 Å².